The van der Waals surface area contributed by atoms with Crippen molar-refractivity contribution in [3.05, 3.63) is 71.5 Å². The van der Waals surface area contributed by atoms with Gasteiger partial charge in [-0.15, -0.1) is 0 Å². The second kappa shape index (κ2) is 8.87. The predicted octanol–water partition coefficient (Wildman–Crippen LogP) is 4.10. The Labute approximate surface area is 167 Å². The quantitative estimate of drug-likeness (QED) is 0.753. The van der Waals surface area contributed by atoms with Crippen molar-refractivity contribution in [1.82, 2.24) is 9.80 Å². The van der Waals surface area contributed by atoms with E-state index < -0.39 is 0 Å². The zero-order valence-electron chi connectivity index (χ0n) is 16.4. The molecule has 2 aromatic rings. The third kappa shape index (κ3) is 4.79. The molecule has 2 aliphatic rings. The summed E-state index contributed by atoms with van der Waals surface area (Å²) >= 11 is 0. The van der Waals surface area contributed by atoms with Gasteiger partial charge in [0, 0.05) is 25.6 Å². The Balaban J connectivity index is 1.23. The molecular weight excluding hydrogens is 351 g/mol. The van der Waals surface area contributed by atoms with Crippen molar-refractivity contribution in [3.8, 4) is 0 Å². The summed E-state index contributed by atoms with van der Waals surface area (Å²) in [5.74, 6) is 0.445. The molecule has 1 saturated carbocycles. The molecule has 4 heteroatoms. The zero-order valence-corrected chi connectivity index (χ0v) is 16.4. The molecule has 2 unspecified atom stereocenters. The highest BCUT2D eigenvalue weighted by molar-refractivity contribution is 5.83. The topological polar surface area (TPSA) is 23.6 Å². The Morgan fingerprint density at radius 2 is 1.75 bits per heavy atom. The van der Waals surface area contributed by atoms with E-state index in [4.69, 9.17) is 0 Å². The molecule has 0 aromatic heterocycles. The third-order valence-corrected chi connectivity index (χ3v) is 6.09. The first-order valence-corrected chi connectivity index (χ1v) is 10.5. The highest BCUT2D eigenvalue weighted by Gasteiger charge is 2.45. The van der Waals surface area contributed by atoms with Crippen molar-refractivity contribution >= 4 is 5.91 Å². The molecule has 2 aromatic carbocycles. The van der Waals surface area contributed by atoms with Crippen LogP contribution in [0.1, 0.15) is 36.3 Å². The molecule has 1 aliphatic heterocycles. The standard InChI is InChI=1S/C24H29FN2O/c25-21-11-9-20(10-12-21)22-18-23(22)24(28)27-15-5-14-26(16-17-27)13-4-8-19-6-2-1-3-7-19/h1-3,6-7,9-12,22-23H,4-5,8,13-18H2. The minimum atomic E-state index is -0.216. The van der Waals surface area contributed by atoms with Crippen molar-refractivity contribution in [2.45, 2.75) is 31.6 Å². The summed E-state index contributed by atoms with van der Waals surface area (Å²) in [4.78, 5) is 17.5. The first-order chi connectivity index (χ1) is 13.7. The number of amides is 1. The van der Waals surface area contributed by atoms with Crippen LogP contribution in [0.2, 0.25) is 0 Å². The highest BCUT2D eigenvalue weighted by atomic mass is 19.1. The summed E-state index contributed by atoms with van der Waals surface area (Å²) in [6.07, 6.45) is 4.22. The predicted molar refractivity (Wildman–Crippen MR) is 110 cm³/mol. The van der Waals surface area contributed by atoms with Gasteiger partial charge >= 0.3 is 0 Å². The Hall–Kier alpha value is -2.20. The van der Waals surface area contributed by atoms with Crippen LogP contribution in [0, 0.1) is 11.7 Å². The van der Waals surface area contributed by atoms with E-state index in [0.29, 0.717) is 5.91 Å². The van der Waals surface area contributed by atoms with E-state index in [9.17, 15) is 9.18 Å². The second-order valence-electron chi connectivity index (χ2n) is 8.11. The molecule has 1 heterocycles. The molecule has 28 heavy (non-hydrogen) atoms. The van der Waals surface area contributed by atoms with Crippen LogP contribution in [0.5, 0.6) is 0 Å². The maximum absolute atomic E-state index is 13.1. The van der Waals surface area contributed by atoms with Gasteiger partial charge in [0.05, 0.1) is 0 Å². The Bertz CT molecular complexity index is 777. The Kier molecular flexibility index (Phi) is 6.06. The van der Waals surface area contributed by atoms with Gasteiger partial charge in [-0.3, -0.25) is 4.79 Å². The molecule has 0 spiro atoms. The van der Waals surface area contributed by atoms with Crippen LogP contribution < -0.4 is 0 Å². The Morgan fingerprint density at radius 3 is 2.54 bits per heavy atom. The van der Waals surface area contributed by atoms with Crippen molar-refractivity contribution in [3.63, 3.8) is 0 Å². The molecule has 2 fully saturated rings. The molecule has 0 radical (unpaired) electrons. The van der Waals surface area contributed by atoms with Gasteiger partial charge in [-0.25, -0.2) is 4.39 Å². The number of carbonyl (C=O) groups is 1. The Morgan fingerprint density at radius 1 is 0.964 bits per heavy atom. The number of carbonyl (C=O) groups excluding carboxylic acids is 1. The summed E-state index contributed by atoms with van der Waals surface area (Å²) in [6, 6.07) is 17.3. The lowest BCUT2D eigenvalue weighted by molar-refractivity contribution is -0.132. The normalized spacial score (nSPS) is 22.7. The van der Waals surface area contributed by atoms with Gasteiger partial charge < -0.3 is 9.80 Å². The van der Waals surface area contributed by atoms with E-state index in [1.165, 1.54) is 17.7 Å². The summed E-state index contributed by atoms with van der Waals surface area (Å²) in [5, 5.41) is 0. The summed E-state index contributed by atoms with van der Waals surface area (Å²) in [6.45, 7) is 4.83. The minimum absolute atomic E-state index is 0.0927. The molecule has 0 bridgehead atoms. The van der Waals surface area contributed by atoms with Crippen molar-refractivity contribution in [2.24, 2.45) is 5.92 Å². The van der Waals surface area contributed by atoms with Gasteiger partial charge in [0.2, 0.25) is 5.91 Å². The monoisotopic (exact) mass is 380 g/mol. The van der Waals surface area contributed by atoms with E-state index >= 15 is 0 Å². The fraction of sp³-hybridized carbons (Fsp3) is 0.458. The molecule has 3 nitrogen and oxygen atoms in total. The van der Waals surface area contributed by atoms with E-state index in [0.717, 1.165) is 64.0 Å². The van der Waals surface area contributed by atoms with Gasteiger partial charge in [0.25, 0.3) is 0 Å². The number of halogens is 1. The van der Waals surface area contributed by atoms with Crippen LogP contribution in [0.25, 0.3) is 0 Å². The van der Waals surface area contributed by atoms with Crippen LogP contribution in [-0.4, -0.2) is 48.4 Å². The molecule has 2 atom stereocenters. The molecular formula is C24H29FN2O. The number of hydrogen-bond donors (Lipinski definition) is 0. The number of aryl methyl sites for hydroxylation is 1. The van der Waals surface area contributed by atoms with Crippen LogP contribution in [0.15, 0.2) is 54.6 Å². The van der Waals surface area contributed by atoms with Crippen molar-refractivity contribution in [2.75, 3.05) is 32.7 Å². The van der Waals surface area contributed by atoms with Crippen LogP contribution >= 0.6 is 0 Å². The molecule has 4 rings (SSSR count). The van der Waals surface area contributed by atoms with Gasteiger partial charge in [-0.2, -0.15) is 0 Å². The third-order valence-electron chi connectivity index (χ3n) is 6.09. The van der Waals surface area contributed by atoms with Crippen LogP contribution in [0.4, 0.5) is 4.39 Å². The molecule has 148 valence electrons. The van der Waals surface area contributed by atoms with Gasteiger partial charge in [0.1, 0.15) is 5.82 Å². The summed E-state index contributed by atoms with van der Waals surface area (Å²) in [7, 11) is 0. The highest BCUT2D eigenvalue weighted by Crippen LogP contribution is 2.48. The first-order valence-electron chi connectivity index (χ1n) is 10.5. The molecule has 0 N–H and O–H groups in total. The van der Waals surface area contributed by atoms with Crippen molar-refractivity contribution in [1.29, 1.82) is 0 Å². The maximum Gasteiger partial charge on any atom is 0.226 e. The number of benzene rings is 2. The van der Waals surface area contributed by atoms with Gasteiger partial charge in [-0.05, 0) is 68.0 Å². The zero-order chi connectivity index (χ0) is 19.3. The van der Waals surface area contributed by atoms with E-state index in [1.807, 2.05) is 12.1 Å². The number of rotatable bonds is 6. The van der Waals surface area contributed by atoms with Crippen LogP contribution in [-0.2, 0) is 11.2 Å². The SMILES string of the molecule is O=C(C1CC1c1ccc(F)cc1)N1CCCN(CCCc2ccccc2)CC1. The van der Waals surface area contributed by atoms with Gasteiger partial charge in [-0.1, -0.05) is 42.5 Å². The average Bonchev–Trinajstić information content (AvgIpc) is 3.53. The van der Waals surface area contributed by atoms with Gasteiger partial charge in [0.15, 0.2) is 0 Å². The second-order valence-corrected chi connectivity index (χ2v) is 8.11. The van der Waals surface area contributed by atoms with Crippen LogP contribution in [0.3, 0.4) is 0 Å². The number of nitrogens with zero attached hydrogens (tertiary/aromatic N) is 2. The summed E-state index contributed by atoms with van der Waals surface area (Å²) in [5.41, 5.74) is 2.49. The lowest BCUT2D eigenvalue weighted by atomic mass is 10.1. The fourth-order valence-electron chi connectivity index (χ4n) is 4.35. The molecule has 1 saturated heterocycles. The minimum Gasteiger partial charge on any atom is -0.341 e. The smallest absolute Gasteiger partial charge is 0.226 e. The van der Waals surface area contributed by atoms with E-state index in [1.54, 1.807) is 0 Å². The summed E-state index contributed by atoms with van der Waals surface area (Å²) < 4.78 is 13.1. The van der Waals surface area contributed by atoms with E-state index in [-0.39, 0.29) is 17.7 Å². The lowest BCUT2D eigenvalue weighted by Gasteiger charge is -2.22. The molecule has 1 amide bonds. The lowest BCUT2D eigenvalue weighted by Crippen LogP contribution is -2.36. The first kappa shape index (κ1) is 19.1. The maximum atomic E-state index is 13.1. The molecule has 1 aliphatic carbocycles. The largest absolute Gasteiger partial charge is 0.341 e. The number of hydrogen-bond acceptors (Lipinski definition) is 2. The van der Waals surface area contributed by atoms with E-state index in [2.05, 4.69) is 40.1 Å². The average molecular weight is 381 g/mol. The van der Waals surface area contributed by atoms with Crippen molar-refractivity contribution < 1.29 is 9.18 Å². The fourth-order valence-corrected chi connectivity index (χ4v) is 4.35.